The number of hydrogen-bond acceptors (Lipinski definition) is 7. The fraction of sp³-hybridized carbons (Fsp3) is 0.562. The Bertz CT molecular complexity index is 649. The molecule has 0 bridgehead atoms. The zero-order chi connectivity index (χ0) is 19.0. The first kappa shape index (κ1) is 21.5. The lowest BCUT2D eigenvalue weighted by molar-refractivity contribution is -0.136. The van der Waals surface area contributed by atoms with E-state index in [1.807, 2.05) is 0 Å². The molecule has 0 aliphatic rings. The highest BCUT2D eigenvalue weighted by molar-refractivity contribution is 7.72. The van der Waals surface area contributed by atoms with Crippen molar-refractivity contribution in [3.63, 3.8) is 0 Å². The summed E-state index contributed by atoms with van der Waals surface area (Å²) >= 11 is 0. The number of thiol groups is 1. The van der Waals surface area contributed by atoms with Gasteiger partial charge in [-0.3, -0.25) is 4.79 Å². The predicted octanol–water partition coefficient (Wildman–Crippen LogP) is 1.04. The van der Waals surface area contributed by atoms with Crippen LogP contribution < -0.4 is 4.74 Å². The van der Waals surface area contributed by atoms with Crippen molar-refractivity contribution in [1.29, 1.82) is 0 Å². The molecule has 0 amide bonds. The van der Waals surface area contributed by atoms with Crippen molar-refractivity contribution in [2.75, 3.05) is 33.0 Å². The van der Waals surface area contributed by atoms with Crippen molar-refractivity contribution >= 4 is 16.7 Å². The second kappa shape index (κ2) is 10.4. The molecule has 0 heterocycles. The maximum Gasteiger partial charge on any atom is 0.313 e. The monoisotopic (exact) mass is 378 g/mol. The third kappa shape index (κ3) is 6.03. The van der Waals surface area contributed by atoms with Crippen LogP contribution >= 0.6 is 0 Å². The number of carbonyl (C=O) groups excluding carboxylic acids is 1. The minimum Gasteiger partial charge on any atom is -0.423 e. The third-order valence-electron chi connectivity index (χ3n) is 3.60. The highest BCUT2D eigenvalue weighted by Crippen LogP contribution is 2.32. The van der Waals surface area contributed by atoms with Crippen LogP contribution in [-0.2, 0) is 25.0 Å². The van der Waals surface area contributed by atoms with Crippen LogP contribution in [0, 0.1) is 26.6 Å². The fourth-order valence-electron chi connectivity index (χ4n) is 2.17. The quantitative estimate of drug-likeness (QED) is 0.272. The van der Waals surface area contributed by atoms with Gasteiger partial charge in [-0.25, -0.2) is 12.8 Å². The Balaban J connectivity index is 2.66. The van der Waals surface area contributed by atoms with Crippen molar-refractivity contribution in [3.05, 3.63) is 22.5 Å². The molecule has 0 aromatic heterocycles. The van der Waals surface area contributed by atoms with E-state index >= 15 is 0 Å². The molecule has 142 valence electrons. The molecule has 7 nitrogen and oxygen atoms in total. The van der Waals surface area contributed by atoms with E-state index in [4.69, 9.17) is 19.3 Å². The lowest BCUT2D eigenvalue weighted by Gasteiger charge is -2.15. The second-order valence-electron chi connectivity index (χ2n) is 5.30. The Labute approximate surface area is 147 Å². The van der Waals surface area contributed by atoms with E-state index in [1.165, 1.54) is 20.8 Å². The minimum absolute atomic E-state index is 0.0701. The summed E-state index contributed by atoms with van der Waals surface area (Å²) in [5.41, 5.74) is 0.554. The lowest BCUT2D eigenvalue weighted by atomic mass is 10.0. The number of aliphatic hydroxyl groups is 1. The van der Waals surface area contributed by atoms with Gasteiger partial charge in [-0.15, -0.1) is 0 Å². The maximum atomic E-state index is 14.4. The number of esters is 1. The summed E-state index contributed by atoms with van der Waals surface area (Å²) in [6.45, 7) is 5.12. The third-order valence-corrected chi connectivity index (χ3v) is 4.63. The number of ether oxygens (including phenoxy) is 3. The molecule has 0 unspecified atom stereocenters. The van der Waals surface area contributed by atoms with Gasteiger partial charge in [-0.2, -0.15) is 0 Å². The number of rotatable bonds is 10. The number of aliphatic hydroxyl groups excluding tert-OH is 1. The van der Waals surface area contributed by atoms with Gasteiger partial charge in [0.15, 0.2) is 22.3 Å². The molecule has 0 radical (unpaired) electrons. The summed E-state index contributed by atoms with van der Waals surface area (Å²) in [6, 6.07) is 0. The first-order valence-corrected chi connectivity index (χ1v) is 8.89. The molecule has 1 N–H and O–H groups in total. The largest absolute Gasteiger partial charge is 0.423 e. The predicted molar refractivity (Wildman–Crippen MR) is 88.2 cm³/mol. The zero-order valence-electron chi connectivity index (χ0n) is 14.5. The molecule has 0 saturated heterocycles. The minimum atomic E-state index is -2.95. The Morgan fingerprint density at radius 2 is 1.60 bits per heavy atom. The van der Waals surface area contributed by atoms with Gasteiger partial charge in [-0.1, -0.05) is 0 Å². The van der Waals surface area contributed by atoms with Crippen LogP contribution in [-0.4, -0.2) is 52.5 Å². The standard InChI is InChI=1S/C16H23FO7S/c1-10-11(2)16(25(20)21)12(3)14(17)15(10)24-13(19)4-6-22-8-9-23-7-5-18/h18,25H,4-9H2,1-3H3. The molecule has 0 atom stereocenters. The Morgan fingerprint density at radius 1 is 1.00 bits per heavy atom. The van der Waals surface area contributed by atoms with Crippen LogP contribution in [0.4, 0.5) is 4.39 Å². The molecule has 1 aromatic rings. The van der Waals surface area contributed by atoms with E-state index in [1.54, 1.807) is 0 Å². The molecular formula is C16H23FO7S. The van der Waals surface area contributed by atoms with Gasteiger partial charge < -0.3 is 19.3 Å². The maximum absolute atomic E-state index is 14.4. The highest BCUT2D eigenvalue weighted by atomic mass is 32.2. The topological polar surface area (TPSA) is 99.1 Å². The van der Waals surface area contributed by atoms with Crippen molar-refractivity contribution in [3.8, 4) is 5.75 Å². The van der Waals surface area contributed by atoms with Crippen molar-refractivity contribution in [2.24, 2.45) is 0 Å². The molecule has 0 fully saturated rings. The van der Waals surface area contributed by atoms with Gasteiger partial charge >= 0.3 is 5.97 Å². The molecule has 0 saturated carbocycles. The average Bonchev–Trinajstić information content (AvgIpc) is 2.56. The molecule has 0 aliphatic carbocycles. The van der Waals surface area contributed by atoms with Crippen LogP contribution in [0.15, 0.2) is 4.90 Å². The SMILES string of the molecule is Cc1c(C)c([SH](=O)=O)c(C)c(F)c1OC(=O)CCOCCOCCO. The van der Waals surface area contributed by atoms with Gasteiger partial charge in [0, 0.05) is 5.56 Å². The summed E-state index contributed by atoms with van der Waals surface area (Å²) in [5.74, 6) is -1.80. The Hall–Kier alpha value is -1.55. The molecule has 9 heteroatoms. The highest BCUT2D eigenvalue weighted by Gasteiger charge is 2.22. The van der Waals surface area contributed by atoms with E-state index in [-0.39, 0.29) is 61.2 Å². The van der Waals surface area contributed by atoms with Crippen LogP contribution in [0.3, 0.4) is 0 Å². The van der Waals surface area contributed by atoms with E-state index in [2.05, 4.69) is 0 Å². The van der Waals surface area contributed by atoms with E-state index in [0.29, 0.717) is 5.56 Å². The van der Waals surface area contributed by atoms with Gasteiger partial charge in [0.1, 0.15) is 0 Å². The van der Waals surface area contributed by atoms with Gasteiger partial charge in [-0.05, 0) is 31.9 Å². The molecule has 0 aliphatic heterocycles. The molecule has 1 rings (SSSR count). The fourth-order valence-corrected chi connectivity index (χ4v) is 2.98. The van der Waals surface area contributed by atoms with Crippen LogP contribution in [0.2, 0.25) is 0 Å². The van der Waals surface area contributed by atoms with E-state index in [9.17, 15) is 17.6 Å². The molecule has 25 heavy (non-hydrogen) atoms. The Morgan fingerprint density at radius 3 is 2.16 bits per heavy atom. The van der Waals surface area contributed by atoms with Gasteiger partial charge in [0.2, 0.25) is 0 Å². The Kier molecular flexibility index (Phi) is 8.98. The molecular weight excluding hydrogens is 355 g/mol. The van der Waals surface area contributed by atoms with Crippen LogP contribution in [0.25, 0.3) is 0 Å². The van der Waals surface area contributed by atoms with E-state index < -0.39 is 22.5 Å². The van der Waals surface area contributed by atoms with E-state index in [0.717, 1.165) is 0 Å². The smallest absolute Gasteiger partial charge is 0.313 e. The first-order valence-electron chi connectivity index (χ1n) is 7.71. The first-order chi connectivity index (χ1) is 11.8. The normalized spacial score (nSPS) is 11.1. The van der Waals surface area contributed by atoms with Gasteiger partial charge in [0.25, 0.3) is 0 Å². The number of carbonyl (C=O) groups is 1. The van der Waals surface area contributed by atoms with Crippen LogP contribution in [0.5, 0.6) is 5.75 Å². The number of benzene rings is 1. The summed E-state index contributed by atoms with van der Waals surface area (Å²) in [4.78, 5) is 11.8. The average molecular weight is 378 g/mol. The molecule has 0 spiro atoms. The summed E-state index contributed by atoms with van der Waals surface area (Å²) in [5, 5.41) is 8.52. The molecule has 1 aromatic carbocycles. The van der Waals surface area contributed by atoms with Gasteiger partial charge in [0.05, 0.1) is 44.4 Å². The summed E-state index contributed by atoms with van der Waals surface area (Å²) < 4.78 is 52.1. The summed E-state index contributed by atoms with van der Waals surface area (Å²) in [7, 11) is -2.95. The zero-order valence-corrected chi connectivity index (χ0v) is 15.4. The lowest BCUT2D eigenvalue weighted by Crippen LogP contribution is -2.15. The van der Waals surface area contributed by atoms with Crippen LogP contribution in [0.1, 0.15) is 23.1 Å². The van der Waals surface area contributed by atoms with Crippen molar-refractivity contribution in [2.45, 2.75) is 32.1 Å². The second-order valence-corrected chi connectivity index (χ2v) is 6.26. The van der Waals surface area contributed by atoms with Crippen molar-refractivity contribution < 1.29 is 36.9 Å². The number of halogens is 1. The number of hydrogen-bond donors (Lipinski definition) is 2. The van der Waals surface area contributed by atoms with Crippen molar-refractivity contribution in [1.82, 2.24) is 0 Å². The summed E-state index contributed by atoms with van der Waals surface area (Å²) in [6.07, 6.45) is -0.0887.